The van der Waals surface area contributed by atoms with Crippen molar-refractivity contribution >= 4 is 47.4 Å². The Hall–Kier alpha value is -1.10. The standard InChI is InChI=1S/C16H27N5O2S.HI/c1-11-12(2)24-13(19-11)10-18-14(17)20-6-8-21(9-7-20)15(22)23-16(3,4)5;/h6-10H2,1-5H3,(H2,17,18);1H. The van der Waals surface area contributed by atoms with Crippen LogP contribution in [-0.2, 0) is 11.3 Å². The van der Waals surface area contributed by atoms with Crippen LogP contribution in [0.5, 0.6) is 0 Å². The van der Waals surface area contributed by atoms with Gasteiger partial charge in [0, 0.05) is 31.1 Å². The van der Waals surface area contributed by atoms with Crippen molar-refractivity contribution in [1.29, 1.82) is 0 Å². The van der Waals surface area contributed by atoms with Crippen LogP contribution >= 0.6 is 35.3 Å². The van der Waals surface area contributed by atoms with Crippen LogP contribution in [0.4, 0.5) is 4.79 Å². The van der Waals surface area contributed by atoms with Gasteiger partial charge in [0.05, 0.1) is 12.2 Å². The average molecular weight is 481 g/mol. The summed E-state index contributed by atoms with van der Waals surface area (Å²) in [5.41, 5.74) is 6.66. The molecule has 1 aromatic rings. The SMILES string of the molecule is Cc1nc(CN=C(N)N2CCN(C(=O)OC(C)(C)C)CC2)sc1C.I. The summed E-state index contributed by atoms with van der Waals surface area (Å²) >= 11 is 1.65. The number of aromatic nitrogens is 1. The molecule has 0 saturated carbocycles. The topological polar surface area (TPSA) is 84.0 Å². The van der Waals surface area contributed by atoms with Crippen molar-refractivity contribution in [2.45, 2.75) is 46.8 Å². The Morgan fingerprint density at radius 1 is 1.24 bits per heavy atom. The molecule has 0 bridgehead atoms. The average Bonchev–Trinajstić information content (AvgIpc) is 2.82. The summed E-state index contributed by atoms with van der Waals surface area (Å²) in [6, 6.07) is 0. The van der Waals surface area contributed by atoms with Gasteiger partial charge in [0.15, 0.2) is 5.96 Å². The number of carbonyl (C=O) groups is 1. The molecule has 1 aromatic heterocycles. The molecule has 2 rings (SSSR count). The molecule has 2 heterocycles. The number of guanidine groups is 1. The monoisotopic (exact) mass is 481 g/mol. The first-order valence-corrected chi connectivity index (χ1v) is 8.93. The third-order valence-corrected chi connectivity index (χ3v) is 4.76. The zero-order chi connectivity index (χ0) is 17.9. The van der Waals surface area contributed by atoms with Crippen molar-refractivity contribution in [3.05, 3.63) is 15.6 Å². The number of rotatable bonds is 2. The van der Waals surface area contributed by atoms with Gasteiger partial charge in [-0.3, -0.25) is 0 Å². The molecule has 2 N–H and O–H groups in total. The zero-order valence-electron chi connectivity index (χ0n) is 15.5. The van der Waals surface area contributed by atoms with Crippen LogP contribution in [0.2, 0.25) is 0 Å². The zero-order valence-corrected chi connectivity index (χ0v) is 18.7. The van der Waals surface area contributed by atoms with Crippen LogP contribution in [-0.4, -0.2) is 58.6 Å². The van der Waals surface area contributed by atoms with Crippen molar-refractivity contribution in [3.63, 3.8) is 0 Å². The molecular weight excluding hydrogens is 453 g/mol. The van der Waals surface area contributed by atoms with Gasteiger partial charge in [-0.2, -0.15) is 0 Å². The van der Waals surface area contributed by atoms with E-state index < -0.39 is 5.60 Å². The highest BCUT2D eigenvalue weighted by Crippen LogP contribution is 2.17. The predicted molar refractivity (Wildman–Crippen MR) is 112 cm³/mol. The Balaban J connectivity index is 0.00000312. The van der Waals surface area contributed by atoms with E-state index in [0.717, 1.165) is 10.7 Å². The van der Waals surface area contributed by atoms with E-state index >= 15 is 0 Å². The second kappa shape index (κ2) is 9.02. The summed E-state index contributed by atoms with van der Waals surface area (Å²) in [7, 11) is 0. The molecule has 25 heavy (non-hydrogen) atoms. The first kappa shape index (κ1) is 21.9. The molecule has 7 nitrogen and oxygen atoms in total. The molecule has 0 spiro atoms. The van der Waals surface area contributed by atoms with Gasteiger partial charge in [-0.15, -0.1) is 35.3 Å². The molecule has 0 radical (unpaired) electrons. The Kier molecular flexibility index (Phi) is 7.91. The Labute approximate surface area is 170 Å². The molecule has 142 valence electrons. The van der Waals surface area contributed by atoms with Crippen LogP contribution in [0.3, 0.4) is 0 Å². The fraction of sp³-hybridized carbons (Fsp3) is 0.688. The molecule has 0 atom stereocenters. The summed E-state index contributed by atoms with van der Waals surface area (Å²) in [4.78, 5) is 25.9. The fourth-order valence-corrected chi connectivity index (χ4v) is 3.16. The largest absolute Gasteiger partial charge is 0.444 e. The highest BCUT2D eigenvalue weighted by atomic mass is 127. The maximum atomic E-state index is 12.1. The van der Waals surface area contributed by atoms with Crippen LogP contribution in [0, 0.1) is 13.8 Å². The van der Waals surface area contributed by atoms with Crippen molar-refractivity contribution < 1.29 is 9.53 Å². The number of nitrogens with zero attached hydrogens (tertiary/aromatic N) is 4. The predicted octanol–water partition coefficient (Wildman–Crippen LogP) is 2.75. The number of hydrogen-bond donors (Lipinski definition) is 1. The van der Waals surface area contributed by atoms with Gasteiger partial charge in [0.1, 0.15) is 10.6 Å². The summed E-state index contributed by atoms with van der Waals surface area (Å²) in [6.07, 6.45) is -0.272. The second-order valence-corrected chi connectivity index (χ2v) is 8.17. The lowest BCUT2D eigenvalue weighted by Gasteiger charge is -2.36. The van der Waals surface area contributed by atoms with E-state index in [1.807, 2.05) is 32.6 Å². The Morgan fingerprint density at radius 2 is 1.80 bits per heavy atom. The number of aliphatic imine (C=N–C) groups is 1. The lowest BCUT2D eigenvalue weighted by atomic mass is 10.2. The Morgan fingerprint density at radius 3 is 2.28 bits per heavy atom. The van der Waals surface area contributed by atoms with Gasteiger partial charge in [-0.1, -0.05) is 0 Å². The van der Waals surface area contributed by atoms with E-state index in [2.05, 4.69) is 16.9 Å². The van der Waals surface area contributed by atoms with E-state index in [1.165, 1.54) is 4.88 Å². The van der Waals surface area contributed by atoms with Gasteiger partial charge >= 0.3 is 6.09 Å². The summed E-state index contributed by atoms with van der Waals surface area (Å²) < 4.78 is 5.39. The molecule has 1 aliphatic rings. The van der Waals surface area contributed by atoms with Crippen LogP contribution in [0.25, 0.3) is 0 Å². The van der Waals surface area contributed by atoms with Crippen molar-refractivity contribution in [3.8, 4) is 0 Å². The van der Waals surface area contributed by atoms with Gasteiger partial charge < -0.3 is 20.3 Å². The molecule has 1 aliphatic heterocycles. The molecule has 9 heteroatoms. The minimum absolute atomic E-state index is 0. The molecule has 0 unspecified atom stereocenters. The first-order chi connectivity index (χ1) is 11.2. The van der Waals surface area contributed by atoms with Crippen LogP contribution < -0.4 is 5.73 Å². The quantitative estimate of drug-likeness (QED) is 0.399. The minimum Gasteiger partial charge on any atom is -0.444 e. The van der Waals surface area contributed by atoms with Gasteiger partial charge in [-0.05, 0) is 34.6 Å². The molecule has 0 aliphatic carbocycles. The molecule has 1 saturated heterocycles. The normalized spacial score (nSPS) is 15.8. The fourth-order valence-electron chi connectivity index (χ4n) is 2.30. The lowest BCUT2D eigenvalue weighted by Crippen LogP contribution is -2.53. The number of aryl methyl sites for hydroxylation is 2. The molecule has 1 fully saturated rings. The summed E-state index contributed by atoms with van der Waals surface area (Å²) in [5.74, 6) is 0.504. The number of piperazine rings is 1. The first-order valence-electron chi connectivity index (χ1n) is 8.11. The molecular formula is C16H28IN5O2S. The second-order valence-electron chi connectivity index (χ2n) is 6.88. The third-order valence-electron chi connectivity index (χ3n) is 3.70. The van der Waals surface area contributed by atoms with Gasteiger partial charge in [-0.25, -0.2) is 14.8 Å². The number of hydrogen-bond acceptors (Lipinski definition) is 5. The van der Waals surface area contributed by atoms with Gasteiger partial charge in [0.2, 0.25) is 0 Å². The van der Waals surface area contributed by atoms with Crippen molar-refractivity contribution in [2.24, 2.45) is 10.7 Å². The van der Waals surface area contributed by atoms with Gasteiger partial charge in [0.25, 0.3) is 0 Å². The third kappa shape index (κ3) is 6.61. The summed E-state index contributed by atoms with van der Waals surface area (Å²) in [6.45, 7) is 12.6. The molecule has 0 aromatic carbocycles. The lowest BCUT2D eigenvalue weighted by molar-refractivity contribution is 0.0186. The number of carbonyl (C=O) groups excluding carboxylic acids is 1. The smallest absolute Gasteiger partial charge is 0.410 e. The molecule has 1 amide bonds. The highest BCUT2D eigenvalue weighted by molar-refractivity contribution is 14.0. The van der Waals surface area contributed by atoms with E-state index in [0.29, 0.717) is 38.7 Å². The van der Waals surface area contributed by atoms with Crippen molar-refractivity contribution in [2.75, 3.05) is 26.2 Å². The number of ether oxygens (including phenoxy) is 1. The van der Waals surface area contributed by atoms with E-state index in [4.69, 9.17) is 10.5 Å². The number of nitrogens with two attached hydrogens (primary N) is 1. The van der Waals surface area contributed by atoms with Crippen LogP contribution in [0.1, 0.15) is 36.3 Å². The van der Waals surface area contributed by atoms with E-state index in [1.54, 1.807) is 16.2 Å². The maximum Gasteiger partial charge on any atom is 0.410 e. The highest BCUT2D eigenvalue weighted by Gasteiger charge is 2.26. The van der Waals surface area contributed by atoms with Crippen molar-refractivity contribution in [1.82, 2.24) is 14.8 Å². The number of halogens is 1. The van der Waals surface area contributed by atoms with E-state index in [-0.39, 0.29) is 30.1 Å². The summed E-state index contributed by atoms with van der Waals surface area (Å²) in [5, 5.41) is 0.973. The van der Waals surface area contributed by atoms with Crippen LogP contribution in [0.15, 0.2) is 4.99 Å². The minimum atomic E-state index is -0.474. The van der Waals surface area contributed by atoms with E-state index in [9.17, 15) is 4.79 Å². The maximum absolute atomic E-state index is 12.1. The number of thiazole rings is 1. The number of amides is 1. The Bertz CT molecular complexity index is 599.